The third-order valence-electron chi connectivity index (χ3n) is 3.58. The highest BCUT2D eigenvalue weighted by molar-refractivity contribution is 5.22. The van der Waals surface area contributed by atoms with E-state index in [0.29, 0.717) is 24.3 Å². The van der Waals surface area contributed by atoms with Gasteiger partial charge >= 0.3 is 0 Å². The molecule has 0 saturated heterocycles. The maximum absolute atomic E-state index is 5.92. The van der Waals surface area contributed by atoms with Gasteiger partial charge in [-0.05, 0) is 32.6 Å². The van der Waals surface area contributed by atoms with Gasteiger partial charge in [-0.1, -0.05) is 13.8 Å². The van der Waals surface area contributed by atoms with Gasteiger partial charge in [0.05, 0.1) is 0 Å². The van der Waals surface area contributed by atoms with E-state index in [-0.39, 0.29) is 0 Å². The standard InChI is InChI=1S/C13H22N4O/c1-4-13(5-2,18-6-3)11-15-10(9-7-8-9)16-12(14)17-11/h9H,4-8H2,1-3H3,(H2,14,15,16,17). The molecule has 1 aromatic rings. The molecule has 0 spiro atoms. The van der Waals surface area contributed by atoms with Gasteiger partial charge in [0.2, 0.25) is 5.95 Å². The second-order valence-electron chi connectivity index (χ2n) is 4.78. The third-order valence-corrected chi connectivity index (χ3v) is 3.58. The molecule has 1 aromatic heterocycles. The fourth-order valence-electron chi connectivity index (χ4n) is 2.25. The van der Waals surface area contributed by atoms with E-state index in [4.69, 9.17) is 10.5 Å². The minimum Gasteiger partial charge on any atom is -0.368 e. The Balaban J connectivity index is 2.39. The molecular weight excluding hydrogens is 228 g/mol. The SMILES string of the molecule is CCOC(CC)(CC)c1nc(N)nc(C2CC2)n1. The number of nitrogens with zero attached hydrogens (tertiary/aromatic N) is 3. The highest BCUT2D eigenvalue weighted by Crippen LogP contribution is 2.39. The zero-order valence-corrected chi connectivity index (χ0v) is 11.4. The Morgan fingerprint density at radius 1 is 1.17 bits per heavy atom. The van der Waals surface area contributed by atoms with Crippen LogP contribution in [0, 0.1) is 0 Å². The number of hydrogen-bond donors (Lipinski definition) is 1. The van der Waals surface area contributed by atoms with E-state index in [0.717, 1.165) is 31.5 Å². The van der Waals surface area contributed by atoms with Gasteiger partial charge in [0, 0.05) is 12.5 Å². The largest absolute Gasteiger partial charge is 0.368 e. The number of anilines is 1. The molecule has 5 heteroatoms. The molecular formula is C13H22N4O. The first-order valence-corrected chi connectivity index (χ1v) is 6.81. The number of nitrogen functional groups attached to an aromatic ring is 1. The van der Waals surface area contributed by atoms with Crippen LogP contribution < -0.4 is 5.73 Å². The van der Waals surface area contributed by atoms with Crippen molar-refractivity contribution in [2.24, 2.45) is 0 Å². The summed E-state index contributed by atoms with van der Waals surface area (Å²) < 4.78 is 5.92. The number of rotatable bonds is 6. The Bertz CT molecular complexity index is 413. The van der Waals surface area contributed by atoms with E-state index in [2.05, 4.69) is 28.8 Å². The molecule has 1 heterocycles. The van der Waals surface area contributed by atoms with Gasteiger partial charge in [0.15, 0.2) is 5.82 Å². The van der Waals surface area contributed by atoms with E-state index < -0.39 is 5.60 Å². The number of ether oxygens (including phenoxy) is 1. The molecule has 0 bridgehead atoms. The van der Waals surface area contributed by atoms with Crippen LogP contribution in [0.2, 0.25) is 0 Å². The molecule has 2 rings (SSSR count). The Kier molecular flexibility index (Phi) is 3.80. The first-order valence-electron chi connectivity index (χ1n) is 6.81. The Hall–Kier alpha value is -1.23. The van der Waals surface area contributed by atoms with Gasteiger partial charge in [0.25, 0.3) is 0 Å². The highest BCUT2D eigenvalue weighted by atomic mass is 16.5. The summed E-state index contributed by atoms with van der Waals surface area (Å²) in [7, 11) is 0. The fourth-order valence-corrected chi connectivity index (χ4v) is 2.25. The molecule has 1 aliphatic rings. The van der Waals surface area contributed by atoms with Crippen LogP contribution in [0.15, 0.2) is 0 Å². The number of nitrogens with two attached hydrogens (primary N) is 1. The highest BCUT2D eigenvalue weighted by Gasteiger charge is 2.35. The van der Waals surface area contributed by atoms with Gasteiger partial charge in [-0.15, -0.1) is 0 Å². The van der Waals surface area contributed by atoms with Crippen molar-refractivity contribution < 1.29 is 4.74 Å². The van der Waals surface area contributed by atoms with E-state index >= 15 is 0 Å². The molecule has 2 N–H and O–H groups in total. The summed E-state index contributed by atoms with van der Waals surface area (Å²) in [4.78, 5) is 13.1. The molecule has 0 amide bonds. The molecule has 1 saturated carbocycles. The zero-order valence-electron chi connectivity index (χ0n) is 11.4. The lowest BCUT2D eigenvalue weighted by Crippen LogP contribution is -2.32. The minimum atomic E-state index is -0.421. The predicted molar refractivity (Wildman–Crippen MR) is 70.1 cm³/mol. The monoisotopic (exact) mass is 250 g/mol. The van der Waals surface area contributed by atoms with Crippen molar-refractivity contribution in [1.82, 2.24) is 15.0 Å². The molecule has 1 fully saturated rings. The van der Waals surface area contributed by atoms with Crippen molar-refractivity contribution in [2.75, 3.05) is 12.3 Å². The van der Waals surface area contributed by atoms with Gasteiger partial charge in [-0.2, -0.15) is 9.97 Å². The fraction of sp³-hybridized carbons (Fsp3) is 0.769. The maximum atomic E-state index is 5.92. The first-order chi connectivity index (χ1) is 8.65. The molecule has 0 atom stereocenters. The molecule has 1 aliphatic carbocycles. The van der Waals surface area contributed by atoms with Crippen LogP contribution >= 0.6 is 0 Å². The molecule has 0 unspecified atom stereocenters. The minimum absolute atomic E-state index is 0.313. The second kappa shape index (κ2) is 5.18. The molecule has 100 valence electrons. The number of aromatic nitrogens is 3. The van der Waals surface area contributed by atoms with Gasteiger partial charge in [0.1, 0.15) is 11.4 Å². The van der Waals surface area contributed by atoms with Crippen LogP contribution in [-0.2, 0) is 10.3 Å². The maximum Gasteiger partial charge on any atom is 0.223 e. The topological polar surface area (TPSA) is 73.9 Å². The van der Waals surface area contributed by atoms with E-state index in [1.165, 1.54) is 0 Å². The van der Waals surface area contributed by atoms with Crippen LogP contribution in [0.25, 0.3) is 0 Å². The van der Waals surface area contributed by atoms with E-state index in [1.807, 2.05) is 6.92 Å². The van der Waals surface area contributed by atoms with E-state index in [1.54, 1.807) is 0 Å². The molecule has 0 aromatic carbocycles. The predicted octanol–water partition coefficient (Wildman–Crippen LogP) is 2.38. The normalized spacial score (nSPS) is 15.9. The zero-order chi connectivity index (χ0) is 13.2. The van der Waals surface area contributed by atoms with Crippen molar-refractivity contribution in [2.45, 2.75) is 58.0 Å². The van der Waals surface area contributed by atoms with Gasteiger partial charge < -0.3 is 10.5 Å². The summed E-state index contributed by atoms with van der Waals surface area (Å²) in [5.41, 5.74) is 5.39. The summed E-state index contributed by atoms with van der Waals surface area (Å²) in [5.74, 6) is 2.32. The number of hydrogen-bond acceptors (Lipinski definition) is 5. The van der Waals surface area contributed by atoms with Crippen molar-refractivity contribution in [1.29, 1.82) is 0 Å². The Morgan fingerprint density at radius 2 is 1.83 bits per heavy atom. The average Bonchev–Trinajstić information content (AvgIpc) is 3.19. The van der Waals surface area contributed by atoms with Crippen LogP contribution in [0.3, 0.4) is 0 Å². The molecule has 0 aliphatic heterocycles. The van der Waals surface area contributed by atoms with Crippen LogP contribution in [0.5, 0.6) is 0 Å². The van der Waals surface area contributed by atoms with Crippen molar-refractivity contribution in [3.05, 3.63) is 11.6 Å². The molecule has 5 nitrogen and oxygen atoms in total. The summed E-state index contributed by atoms with van der Waals surface area (Å²) in [6.45, 7) is 6.82. The smallest absolute Gasteiger partial charge is 0.223 e. The van der Waals surface area contributed by atoms with Crippen LogP contribution in [0.4, 0.5) is 5.95 Å². The van der Waals surface area contributed by atoms with Crippen LogP contribution in [0.1, 0.15) is 64.0 Å². The lowest BCUT2D eigenvalue weighted by atomic mass is 9.96. The molecule has 0 radical (unpaired) electrons. The summed E-state index contributed by atoms with van der Waals surface area (Å²) in [6, 6.07) is 0. The summed E-state index contributed by atoms with van der Waals surface area (Å²) >= 11 is 0. The third kappa shape index (κ3) is 2.46. The van der Waals surface area contributed by atoms with Crippen molar-refractivity contribution in [3.63, 3.8) is 0 Å². The summed E-state index contributed by atoms with van der Waals surface area (Å²) in [6.07, 6.45) is 3.99. The Labute approximate surface area is 108 Å². The van der Waals surface area contributed by atoms with Gasteiger partial charge in [-0.3, -0.25) is 0 Å². The first kappa shape index (κ1) is 13.2. The Morgan fingerprint density at radius 3 is 2.33 bits per heavy atom. The van der Waals surface area contributed by atoms with Crippen molar-refractivity contribution in [3.8, 4) is 0 Å². The van der Waals surface area contributed by atoms with Gasteiger partial charge in [-0.25, -0.2) is 4.98 Å². The molecule has 18 heavy (non-hydrogen) atoms. The second-order valence-corrected chi connectivity index (χ2v) is 4.78. The van der Waals surface area contributed by atoms with Crippen molar-refractivity contribution >= 4 is 5.95 Å². The average molecular weight is 250 g/mol. The van der Waals surface area contributed by atoms with Crippen LogP contribution in [-0.4, -0.2) is 21.6 Å². The lowest BCUT2D eigenvalue weighted by molar-refractivity contribution is -0.0573. The lowest BCUT2D eigenvalue weighted by Gasteiger charge is -2.30. The quantitative estimate of drug-likeness (QED) is 0.839. The summed E-state index contributed by atoms with van der Waals surface area (Å²) in [5, 5.41) is 0. The van der Waals surface area contributed by atoms with E-state index in [9.17, 15) is 0 Å².